The van der Waals surface area contributed by atoms with E-state index in [2.05, 4.69) is 9.47 Å². The average Bonchev–Trinajstić information content (AvgIpc) is 2.13. The van der Waals surface area contributed by atoms with Gasteiger partial charge in [-0.1, -0.05) is 0 Å². The zero-order valence-electron chi connectivity index (χ0n) is 8.06. The predicted molar refractivity (Wildman–Crippen MR) is 43.6 cm³/mol. The Bertz CT molecular complexity index is 144. The summed E-state index contributed by atoms with van der Waals surface area (Å²) < 4.78 is 41.6. The number of carbonyl (C=O) groups is 1. The molecule has 0 fully saturated rings. The van der Waals surface area contributed by atoms with E-state index in [-0.39, 0.29) is 19.1 Å². The molecule has 0 atom stereocenters. The third-order valence-electron chi connectivity index (χ3n) is 0.864. The largest absolute Gasteiger partial charge is 0.468 e. The quantitative estimate of drug-likeness (QED) is 0.707. The first kappa shape index (κ1) is 15.6. The van der Waals surface area contributed by atoms with E-state index in [9.17, 15) is 18.0 Å². The van der Waals surface area contributed by atoms with Crippen molar-refractivity contribution in [3.05, 3.63) is 0 Å². The predicted octanol–water partition coefficient (Wildman–Crippen LogP) is 0.703. The van der Waals surface area contributed by atoms with Gasteiger partial charge in [0.25, 0.3) is 0 Å². The molecular weight excluding hydrogens is 203 g/mol. The maximum absolute atomic E-state index is 11.1. The fourth-order valence-corrected chi connectivity index (χ4v) is 0.301. The fourth-order valence-electron chi connectivity index (χ4n) is 0.301. The molecule has 7 heteroatoms. The van der Waals surface area contributed by atoms with Crippen molar-refractivity contribution in [1.82, 2.24) is 0 Å². The van der Waals surface area contributed by atoms with Crippen LogP contribution in [0.25, 0.3) is 0 Å². The molecule has 0 unspecified atom stereocenters. The van der Waals surface area contributed by atoms with Gasteiger partial charge in [0.1, 0.15) is 6.61 Å². The number of hydrogen-bond acceptors (Lipinski definition) is 4. The first-order valence-corrected chi connectivity index (χ1v) is 3.78. The lowest BCUT2D eigenvalue weighted by atomic mass is 10.7. The molecule has 0 aromatic heterocycles. The van der Waals surface area contributed by atoms with E-state index in [4.69, 9.17) is 5.73 Å². The van der Waals surface area contributed by atoms with Gasteiger partial charge in [-0.3, -0.25) is 4.79 Å². The van der Waals surface area contributed by atoms with Crippen LogP contribution in [0.1, 0.15) is 6.92 Å². The van der Waals surface area contributed by atoms with Crippen LogP contribution in [0.2, 0.25) is 0 Å². The number of rotatable bonds is 3. The normalized spacial score (nSPS) is 10.1. The van der Waals surface area contributed by atoms with E-state index in [1.54, 1.807) is 0 Å². The van der Waals surface area contributed by atoms with Crippen LogP contribution in [-0.4, -0.2) is 39.0 Å². The van der Waals surface area contributed by atoms with Crippen molar-refractivity contribution < 1.29 is 27.4 Å². The van der Waals surface area contributed by atoms with E-state index in [1.165, 1.54) is 14.0 Å². The summed E-state index contributed by atoms with van der Waals surface area (Å²) in [5.41, 5.74) is 4.81. The van der Waals surface area contributed by atoms with Crippen LogP contribution in [0, 0.1) is 0 Å². The Morgan fingerprint density at radius 1 is 1.43 bits per heavy atom. The first-order valence-electron chi connectivity index (χ1n) is 3.78. The van der Waals surface area contributed by atoms with Crippen LogP contribution in [0.5, 0.6) is 0 Å². The van der Waals surface area contributed by atoms with Crippen LogP contribution < -0.4 is 5.73 Å². The van der Waals surface area contributed by atoms with Crippen LogP contribution >= 0.6 is 0 Å². The smallest absolute Gasteiger partial charge is 0.411 e. The molecule has 0 saturated carbocycles. The number of halogens is 3. The third kappa shape index (κ3) is 17.3. The molecule has 0 aliphatic heterocycles. The Labute approximate surface area is 80.2 Å². The highest BCUT2D eigenvalue weighted by Crippen LogP contribution is 2.13. The molecule has 0 aliphatic carbocycles. The summed E-state index contributed by atoms with van der Waals surface area (Å²) in [6, 6.07) is 0. The molecule has 14 heavy (non-hydrogen) atoms. The molecule has 0 aromatic carbocycles. The number of hydrogen-bond donors (Lipinski definition) is 1. The van der Waals surface area contributed by atoms with Gasteiger partial charge in [-0.15, -0.1) is 0 Å². The van der Waals surface area contributed by atoms with E-state index in [0.717, 1.165) is 0 Å². The van der Waals surface area contributed by atoms with Crippen LogP contribution in [0.4, 0.5) is 13.2 Å². The summed E-state index contributed by atoms with van der Waals surface area (Å²) in [4.78, 5) is 9.83. The van der Waals surface area contributed by atoms with Gasteiger partial charge in [0, 0.05) is 6.61 Å². The molecule has 86 valence electrons. The topological polar surface area (TPSA) is 61.5 Å². The Morgan fingerprint density at radius 3 is 2.00 bits per heavy atom. The number of carbonyl (C=O) groups excluding carboxylic acids is 1. The summed E-state index contributed by atoms with van der Waals surface area (Å²) in [6.07, 6.45) is -4.17. The molecule has 2 N–H and O–H groups in total. The first-order chi connectivity index (χ1) is 6.37. The summed E-state index contributed by atoms with van der Waals surface area (Å²) in [5.74, 6) is -0.380. The molecule has 0 bridgehead atoms. The van der Waals surface area contributed by atoms with Gasteiger partial charge in [-0.25, -0.2) is 0 Å². The van der Waals surface area contributed by atoms with Gasteiger partial charge >= 0.3 is 12.1 Å². The second-order valence-corrected chi connectivity index (χ2v) is 2.03. The number of ether oxygens (including phenoxy) is 2. The lowest BCUT2D eigenvalue weighted by Crippen LogP contribution is -2.16. The second-order valence-electron chi connectivity index (χ2n) is 2.03. The van der Waals surface area contributed by atoms with Gasteiger partial charge in [-0.2, -0.15) is 13.2 Å². The minimum absolute atomic E-state index is 0.0312. The van der Waals surface area contributed by atoms with Crippen molar-refractivity contribution in [2.24, 2.45) is 5.73 Å². The fraction of sp³-hybridized carbons (Fsp3) is 0.857. The molecule has 0 aromatic rings. The van der Waals surface area contributed by atoms with Gasteiger partial charge in [0.05, 0.1) is 13.7 Å². The van der Waals surface area contributed by atoms with Gasteiger partial charge < -0.3 is 15.2 Å². The number of esters is 1. The summed E-state index contributed by atoms with van der Waals surface area (Å²) >= 11 is 0. The molecule has 4 nitrogen and oxygen atoms in total. The molecule has 0 spiro atoms. The van der Waals surface area contributed by atoms with Crippen molar-refractivity contribution in [2.45, 2.75) is 13.1 Å². The van der Waals surface area contributed by atoms with Gasteiger partial charge in [0.15, 0.2) is 0 Å². The molecule has 0 amide bonds. The van der Waals surface area contributed by atoms with E-state index in [0.29, 0.717) is 0 Å². The molecule has 0 radical (unpaired) electrons. The van der Waals surface area contributed by atoms with Crippen molar-refractivity contribution in [1.29, 1.82) is 0 Å². The molecule has 0 rings (SSSR count). The summed E-state index contributed by atoms with van der Waals surface area (Å²) in [5, 5.41) is 0. The highest BCUT2D eigenvalue weighted by Gasteiger charge is 2.26. The second kappa shape index (κ2) is 8.76. The van der Waals surface area contributed by atoms with E-state index < -0.39 is 12.8 Å². The zero-order chi connectivity index (χ0) is 11.6. The minimum Gasteiger partial charge on any atom is -0.468 e. The Balaban J connectivity index is 0. The summed E-state index contributed by atoms with van der Waals surface area (Å²) in [7, 11) is 1.30. The van der Waals surface area contributed by atoms with E-state index >= 15 is 0 Å². The van der Waals surface area contributed by atoms with Crippen molar-refractivity contribution in [2.75, 3.05) is 26.9 Å². The highest BCUT2D eigenvalue weighted by molar-refractivity contribution is 5.70. The highest BCUT2D eigenvalue weighted by atomic mass is 19.4. The van der Waals surface area contributed by atoms with Gasteiger partial charge in [0.2, 0.25) is 0 Å². The van der Waals surface area contributed by atoms with Crippen molar-refractivity contribution in [3.63, 3.8) is 0 Å². The van der Waals surface area contributed by atoms with Gasteiger partial charge in [-0.05, 0) is 6.92 Å². The SMILES string of the molecule is CCOCC(F)(F)F.COC(=O)CN. The molecule has 0 heterocycles. The van der Waals surface area contributed by atoms with Crippen molar-refractivity contribution >= 4 is 5.97 Å². The average molecular weight is 217 g/mol. The monoisotopic (exact) mass is 217 g/mol. The lowest BCUT2D eigenvalue weighted by Gasteiger charge is -2.03. The number of nitrogens with two attached hydrogens (primary N) is 1. The maximum Gasteiger partial charge on any atom is 0.411 e. The Kier molecular flexibility index (Phi) is 9.79. The summed E-state index contributed by atoms with van der Waals surface area (Å²) in [6.45, 7) is 0.464. The number of methoxy groups -OCH3 is 1. The van der Waals surface area contributed by atoms with Crippen LogP contribution in [-0.2, 0) is 14.3 Å². The third-order valence-corrected chi connectivity index (χ3v) is 0.864. The molecule has 0 aliphatic rings. The molecule has 0 saturated heterocycles. The molecular formula is C7H14F3NO3. The standard InChI is InChI=1S/C4H7F3O.C3H7NO2/c1-2-8-3-4(5,6)7;1-6-3(5)2-4/h2-3H2,1H3;2,4H2,1H3. The lowest BCUT2D eigenvalue weighted by molar-refractivity contribution is -0.172. The number of alkyl halides is 3. The minimum atomic E-state index is -4.17. The Hall–Kier alpha value is -0.820. The van der Waals surface area contributed by atoms with E-state index in [1.807, 2.05) is 0 Å². The maximum atomic E-state index is 11.1. The van der Waals surface area contributed by atoms with Crippen molar-refractivity contribution in [3.8, 4) is 0 Å². The Morgan fingerprint density at radius 2 is 1.93 bits per heavy atom. The van der Waals surface area contributed by atoms with Crippen LogP contribution in [0.15, 0.2) is 0 Å². The van der Waals surface area contributed by atoms with Crippen LogP contribution in [0.3, 0.4) is 0 Å². The zero-order valence-corrected chi connectivity index (χ0v) is 8.06.